The molecule has 0 aliphatic heterocycles. The van der Waals surface area contributed by atoms with E-state index in [1.807, 2.05) is 0 Å². The van der Waals surface area contributed by atoms with Gasteiger partial charge in [0.25, 0.3) is 0 Å². The van der Waals surface area contributed by atoms with Crippen LogP contribution in [0.5, 0.6) is 5.75 Å². The predicted octanol–water partition coefficient (Wildman–Crippen LogP) is 4.57. The zero-order valence-electron chi connectivity index (χ0n) is 11.4. The molecule has 1 aromatic carbocycles. The Hall–Kier alpha value is -1.02. The smallest absolute Gasteiger partial charge is 0.115 e. The molecule has 0 fully saturated rings. The van der Waals surface area contributed by atoms with Crippen LogP contribution in [0.4, 0.5) is 0 Å². The number of phenolic OH excluding ortho intramolecular Hbond substituents is 1. The SMILES string of the molecule is CCCCCCCCCC(O)c1ccc(O)cc1. The van der Waals surface area contributed by atoms with Gasteiger partial charge in [0.05, 0.1) is 6.10 Å². The van der Waals surface area contributed by atoms with Gasteiger partial charge in [-0.05, 0) is 24.1 Å². The van der Waals surface area contributed by atoms with Crippen LogP contribution in [0.15, 0.2) is 24.3 Å². The van der Waals surface area contributed by atoms with E-state index in [2.05, 4.69) is 6.92 Å². The highest BCUT2D eigenvalue weighted by atomic mass is 16.3. The molecular formula is C16H26O2. The van der Waals surface area contributed by atoms with Gasteiger partial charge in [0.1, 0.15) is 5.75 Å². The van der Waals surface area contributed by atoms with Gasteiger partial charge in [-0.15, -0.1) is 0 Å². The highest BCUT2D eigenvalue weighted by Gasteiger charge is 2.06. The molecule has 2 nitrogen and oxygen atoms in total. The molecule has 0 spiro atoms. The molecule has 102 valence electrons. The predicted molar refractivity (Wildman–Crippen MR) is 75.7 cm³/mol. The van der Waals surface area contributed by atoms with Gasteiger partial charge < -0.3 is 10.2 Å². The number of aromatic hydroxyl groups is 1. The fourth-order valence-corrected chi connectivity index (χ4v) is 2.16. The highest BCUT2D eigenvalue weighted by Crippen LogP contribution is 2.22. The van der Waals surface area contributed by atoms with Crippen LogP contribution in [0, 0.1) is 0 Å². The first-order valence-corrected chi connectivity index (χ1v) is 7.21. The average molecular weight is 250 g/mol. The van der Waals surface area contributed by atoms with Crippen LogP contribution in [0.3, 0.4) is 0 Å². The van der Waals surface area contributed by atoms with Crippen molar-refractivity contribution in [2.75, 3.05) is 0 Å². The summed E-state index contributed by atoms with van der Waals surface area (Å²) in [6, 6.07) is 6.84. The molecule has 1 atom stereocenters. The molecule has 1 unspecified atom stereocenters. The minimum Gasteiger partial charge on any atom is -0.508 e. The highest BCUT2D eigenvalue weighted by molar-refractivity contribution is 5.27. The molecule has 0 saturated carbocycles. The molecular weight excluding hydrogens is 224 g/mol. The van der Waals surface area contributed by atoms with Crippen LogP contribution in [0.1, 0.15) is 70.0 Å². The summed E-state index contributed by atoms with van der Waals surface area (Å²) < 4.78 is 0. The molecule has 0 aliphatic rings. The Morgan fingerprint density at radius 1 is 0.889 bits per heavy atom. The average Bonchev–Trinajstić information content (AvgIpc) is 2.38. The maximum absolute atomic E-state index is 9.97. The van der Waals surface area contributed by atoms with Gasteiger partial charge in [0, 0.05) is 0 Å². The number of hydrogen-bond acceptors (Lipinski definition) is 2. The Bertz CT molecular complexity index is 305. The van der Waals surface area contributed by atoms with Crippen LogP contribution in [0.25, 0.3) is 0 Å². The lowest BCUT2D eigenvalue weighted by Gasteiger charge is -2.10. The van der Waals surface area contributed by atoms with E-state index in [1.54, 1.807) is 24.3 Å². The van der Waals surface area contributed by atoms with Gasteiger partial charge >= 0.3 is 0 Å². The van der Waals surface area contributed by atoms with Crippen LogP contribution in [-0.4, -0.2) is 10.2 Å². The Labute approximate surface area is 111 Å². The van der Waals surface area contributed by atoms with Crippen molar-refractivity contribution in [2.24, 2.45) is 0 Å². The lowest BCUT2D eigenvalue weighted by molar-refractivity contribution is 0.163. The number of aliphatic hydroxyl groups is 1. The molecule has 0 aliphatic carbocycles. The van der Waals surface area contributed by atoms with Gasteiger partial charge in [-0.2, -0.15) is 0 Å². The second-order valence-electron chi connectivity index (χ2n) is 5.02. The van der Waals surface area contributed by atoms with Crippen molar-refractivity contribution in [3.05, 3.63) is 29.8 Å². The Morgan fingerprint density at radius 2 is 1.44 bits per heavy atom. The summed E-state index contributed by atoms with van der Waals surface area (Å²) in [6.07, 6.45) is 9.30. The molecule has 0 saturated heterocycles. The van der Waals surface area contributed by atoms with Gasteiger partial charge in [0.2, 0.25) is 0 Å². The summed E-state index contributed by atoms with van der Waals surface area (Å²) in [5.74, 6) is 0.252. The number of phenols is 1. The van der Waals surface area contributed by atoms with E-state index in [0.717, 1.165) is 18.4 Å². The fraction of sp³-hybridized carbons (Fsp3) is 0.625. The van der Waals surface area contributed by atoms with E-state index in [1.165, 1.54) is 38.5 Å². The first kappa shape index (κ1) is 15.0. The largest absolute Gasteiger partial charge is 0.508 e. The zero-order valence-corrected chi connectivity index (χ0v) is 11.4. The molecule has 0 aromatic heterocycles. The van der Waals surface area contributed by atoms with Crippen molar-refractivity contribution in [1.82, 2.24) is 0 Å². The third-order valence-corrected chi connectivity index (χ3v) is 3.36. The number of benzene rings is 1. The van der Waals surface area contributed by atoms with E-state index < -0.39 is 0 Å². The van der Waals surface area contributed by atoms with Crippen LogP contribution < -0.4 is 0 Å². The van der Waals surface area contributed by atoms with E-state index >= 15 is 0 Å². The normalized spacial score (nSPS) is 12.6. The van der Waals surface area contributed by atoms with Gasteiger partial charge in [-0.3, -0.25) is 0 Å². The summed E-state index contributed by atoms with van der Waals surface area (Å²) in [4.78, 5) is 0. The Balaban J connectivity index is 2.10. The summed E-state index contributed by atoms with van der Waals surface area (Å²) in [6.45, 7) is 2.23. The minimum absolute atomic E-state index is 0.252. The van der Waals surface area contributed by atoms with Crippen LogP contribution in [-0.2, 0) is 0 Å². The van der Waals surface area contributed by atoms with Crippen molar-refractivity contribution in [2.45, 2.75) is 64.4 Å². The van der Waals surface area contributed by atoms with E-state index in [4.69, 9.17) is 0 Å². The molecule has 0 heterocycles. The summed E-state index contributed by atoms with van der Waals surface area (Å²) >= 11 is 0. The first-order valence-electron chi connectivity index (χ1n) is 7.21. The zero-order chi connectivity index (χ0) is 13.2. The number of unbranched alkanes of at least 4 members (excludes halogenated alkanes) is 6. The monoisotopic (exact) mass is 250 g/mol. The molecule has 1 aromatic rings. The van der Waals surface area contributed by atoms with Crippen molar-refractivity contribution in [1.29, 1.82) is 0 Å². The molecule has 0 bridgehead atoms. The topological polar surface area (TPSA) is 40.5 Å². The van der Waals surface area contributed by atoms with E-state index in [0.29, 0.717) is 0 Å². The van der Waals surface area contributed by atoms with Crippen molar-refractivity contribution in [3.63, 3.8) is 0 Å². The second-order valence-corrected chi connectivity index (χ2v) is 5.02. The summed E-state index contributed by atoms with van der Waals surface area (Å²) in [5, 5.41) is 19.1. The van der Waals surface area contributed by atoms with Gasteiger partial charge in [-0.25, -0.2) is 0 Å². The molecule has 18 heavy (non-hydrogen) atoms. The third kappa shape index (κ3) is 6.06. The number of rotatable bonds is 9. The fourth-order valence-electron chi connectivity index (χ4n) is 2.16. The quantitative estimate of drug-likeness (QED) is 0.630. The second kappa shape index (κ2) is 8.98. The molecule has 0 radical (unpaired) electrons. The van der Waals surface area contributed by atoms with Gasteiger partial charge in [-0.1, -0.05) is 64.0 Å². The lowest BCUT2D eigenvalue weighted by atomic mass is 10.0. The molecule has 2 N–H and O–H groups in total. The number of aliphatic hydroxyl groups excluding tert-OH is 1. The van der Waals surface area contributed by atoms with Crippen LogP contribution in [0.2, 0.25) is 0 Å². The Morgan fingerprint density at radius 3 is 2.06 bits per heavy atom. The maximum Gasteiger partial charge on any atom is 0.115 e. The van der Waals surface area contributed by atoms with Crippen molar-refractivity contribution in [3.8, 4) is 5.75 Å². The minimum atomic E-state index is -0.388. The van der Waals surface area contributed by atoms with Crippen molar-refractivity contribution < 1.29 is 10.2 Å². The summed E-state index contributed by atoms with van der Waals surface area (Å²) in [5.41, 5.74) is 0.902. The standard InChI is InChI=1S/C16H26O2/c1-2-3-4-5-6-7-8-9-16(18)14-10-12-15(17)13-11-14/h10-13,16-18H,2-9H2,1H3. The lowest BCUT2D eigenvalue weighted by Crippen LogP contribution is -1.96. The molecule has 2 heteroatoms. The van der Waals surface area contributed by atoms with Crippen molar-refractivity contribution >= 4 is 0 Å². The van der Waals surface area contributed by atoms with Gasteiger partial charge in [0.15, 0.2) is 0 Å². The van der Waals surface area contributed by atoms with Crippen LogP contribution >= 0.6 is 0 Å². The summed E-state index contributed by atoms with van der Waals surface area (Å²) in [7, 11) is 0. The first-order chi connectivity index (χ1) is 8.74. The Kier molecular flexibility index (Phi) is 7.51. The number of hydrogen-bond donors (Lipinski definition) is 2. The van der Waals surface area contributed by atoms with E-state index in [9.17, 15) is 10.2 Å². The molecule has 1 rings (SSSR count). The van der Waals surface area contributed by atoms with E-state index in [-0.39, 0.29) is 11.9 Å². The maximum atomic E-state index is 9.97. The molecule has 0 amide bonds. The third-order valence-electron chi connectivity index (χ3n) is 3.36.